The van der Waals surface area contributed by atoms with Crippen molar-refractivity contribution in [3.63, 3.8) is 0 Å². The monoisotopic (exact) mass is 236 g/mol. The summed E-state index contributed by atoms with van der Waals surface area (Å²) in [6, 6.07) is 1.97. The largest absolute Gasteiger partial charge is 0.377 e. The van der Waals surface area contributed by atoms with Gasteiger partial charge in [0.05, 0.1) is 6.04 Å². The molecule has 1 atom stereocenters. The third-order valence-electron chi connectivity index (χ3n) is 2.50. The van der Waals surface area contributed by atoms with E-state index in [1.807, 2.05) is 13.0 Å². The molecule has 92 valence electrons. The summed E-state index contributed by atoms with van der Waals surface area (Å²) in [5, 5.41) is 6.00. The molecule has 1 aliphatic heterocycles. The second-order valence-electron chi connectivity index (χ2n) is 4.09. The maximum absolute atomic E-state index is 11.1. The normalized spacial score (nSPS) is 19.2. The molecular formula is C11H16N4O2. The van der Waals surface area contributed by atoms with Gasteiger partial charge in [-0.25, -0.2) is 9.97 Å². The maximum atomic E-state index is 11.1. The third kappa shape index (κ3) is 3.13. The molecule has 0 aromatic carbocycles. The lowest BCUT2D eigenvalue weighted by molar-refractivity contribution is -0.119. The van der Waals surface area contributed by atoms with E-state index < -0.39 is 0 Å². The number of ether oxygens (including phenoxy) is 1. The minimum atomic E-state index is 0.0744. The fraction of sp³-hybridized carbons (Fsp3) is 0.545. The smallest absolute Gasteiger partial charge is 0.222 e. The van der Waals surface area contributed by atoms with Gasteiger partial charge in [-0.1, -0.05) is 0 Å². The number of aryl methyl sites for hydroxylation is 1. The highest BCUT2D eigenvalue weighted by Gasteiger charge is 2.21. The minimum Gasteiger partial charge on any atom is -0.377 e. The van der Waals surface area contributed by atoms with Crippen LogP contribution in [0.25, 0.3) is 0 Å². The quantitative estimate of drug-likeness (QED) is 0.782. The molecule has 1 aromatic heterocycles. The van der Waals surface area contributed by atoms with E-state index in [-0.39, 0.29) is 11.9 Å². The molecule has 0 aliphatic carbocycles. The highest BCUT2D eigenvalue weighted by molar-refractivity contribution is 5.79. The van der Waals surface area contributed by atoms with Crippen LogP contribution in [0.4, 0.5) is 5.82 Å². The van der Waals surface area contributed by atoms with E-state index in [4.69, 9.17) is 4.74 Å². The van der Waals surface area contributed by atoms with Crippen molar-refractivity contribution in [2.45, 2.75) is 26.0 Å². The number of methoxy groups -OCH3 is 1. The van der Waals surface area contributed by atoms with E-state index in [0.29, 0.717) is 25.4 Å². The molecule has 2 N–H and O–H groups in total. The molecule has 1 fully saturated rings. The zero-order valence-electron chi connectivity index (χ0n) is 9.99. The van der Waals surface area contributed by atoms with Crippen LogP contribution in [-0.2, 0) is 16.1 Å². The molecular weight excluding hydrogens is 220 g/mol. The van der Waals surface area contributed by atoms with Gasteiger partial charge >= 0.3 is 0 Å². The lowest BCUT2D eigenvalue weighted by Gasteiger charge is -2.12. The molecule has 17 heavy (non-hydrogen) atoms. The number of amides is 1. The molecule has 0 spiro atoms. The van der Waals surface area contributed by atoms with Crippen LogP contribution in [0.1, 0.15) is 17.9 Å². The molecule has 1 saturated heterocycles. The van der Waals surface area contributed by atoms with Crippen LogP contribution in [-0.4, -0.2) is 35.6 Å². The van der Waals surface area contributed by atoms with Gasteiger partial charge in [-0.05, 0) is 6.92 Å². The second kappa shape index (κ2) is 5.09. The maximum Gasteiger partial charge on any atom is 0.222 e. The number of nitrogens with zero attached hydrogens (tertiary/aromatic N) is 2. The lowest BCUT2D eigenvalue weighted by Crippen LogP contribution is -2.23. The Morgan fingerprint density at radius 3 is 3.06 bits per heavy atom. The first-order valence-corrected chi connectivity index (χ1v) is 5.54. The lowest BCUT2D eigenvalue weighted by atomic mass is 10.2. The first-order chi connectivity index (χ1) is 8.17. The number of carbonyl (C=O) groups excluding carboxylic acids is 1. The van der Waals surface area contributed by atoms with E-state index in [1.165, 1.54) is 0 Å². The van der Waals surface area contributed by atoms with Crippen molar-refractivity contribution in [2.24, 2.45) is 0 Å². The van der Waals surface area contributed by atoms with Crippen LogP contribution >= 0.6 is 0 Å². The Morgan fingerprint density at radius 1 is 1.59 bits per heavy atom. The van der Waals surface area contributed by atoms with Crippen molar-refractivity contribution in [2.75, 3.05) is 19.0 Å². The molecule has 1 aromatic rings. The van der Waals surface area contributed by atoms with E-state index in [1.54, 1.807) is 7.11 Å². The van der Waals surface area contributed by atoms with Crippen LogP contribution in [0, 0.1) is 6.92 Å². The third-order valence-corrected chi connectivity index (χ3v) is 2.50. The van der Waals surface area contributed by atoms with Crippen molar-refractivity contribution < 1.29 is 9.53 Å². The number of hydrogen-bond donors (Lipinski definition) is 2. The van der Waals surface area contributed by atoms with Gasteiger partial charge in [0.25, 0.3) is 0 Å². The Balaban J connectivity index is 2.07. The van der Waals surface area contributed by atoms with Crippen LogP contribution in [0.3, 0.4) is 0 Å². The summed E-state index contributed by atoms with van der Waals surface area (Å²) in [7, 11) is 1.61. The number of aromatic nitrogens is 2. The number of nitrogens with one attached hydrogen (secondary N) is 2. The zero-order chi connectivity index (χ0) is 12.3. The van der Waals surface area contributed by atoms with Crippen molar-refractivity contribution >= 4 is 11.7 Å². The summed E-state index contributed by atoms with van der Waals surface area (Å²) < 4.78 is 5.01. The molecule has 6 heteroatoms. The van der Waals surface area contributed by atoms with E-state index in [0.717, 1.165) is 11.5 Å². The Morgan fingerprint density at radius 2 is 2.41 bits per heavy atom. The fourth-order valence-electron chi connectivity index (χ4n) is 1.81. The Hall–Kier alpha value is -1.69. The average molecular weight is 236 g/mol. The molecule has 1 unspecified atom stereocenters. The topological polar surface area (TPSA) is 76.1 Å². The highest BCUT2D eigenvalue weighted by Crippen LogP contribution is 2.11. The van der Waals surface area contributed by atoms with Gasteiger partial charge in [0.1, 0.15) is 12.4 Å². The number of hydrogen-bond acceptors (Lipinski definition) is 5. The molecule has 1 aliphatic rings. The summed E-state index contributed by atoms with van der Waals surface area (Å²) >= 11 is 0. The summed E-state index contributed by atoms with van der Waals surface area (Å²) in [6.07, 6.45) is 0.489. The first-order valence-electron chi connectivity index (χ1n) is 5.54. The van der Waals surface area contributed by atoms with Crippen molar-refractivity contribution in [1.29, 1.82) is 0 Å². The van der Waals surface area contributed by atoms with Crippen LogP contribution in [0.15, 0.2) is 6.07 Å². The predicted octanol–water partition coefficient (Wildman–Crippen LogP) is 0.232. The minimum absolute atomic E-state index is 0.0744. The fourth-order valence-corrected chi connectivity index (χ4v) is 1.81. The molecule has 2 heterocycles. The predicted molar refractivity (Wildman–Crippen MR) is 62.5 cm³/mol. The van der Waals surface area contributed by atoms with Crippen LogP contribution in [0.5, 0.6) is 0 Å². The Bertz CT molecular complexity index is 422. The van der Waals surface area contributed by atoms with Crippen molar-refractivity contribution in [3.8, 4) is 0 Å². The van der Waals surface area contributed by atoms with Gasteiger partial charge in [0, 0.05) is 31.8 Å². The van der Waals surface area contributed by atoms with E-state index in [9.17, 15) is 4.79 Å². The van der Waals surface area contributed by atoms with Gasteiger partial charge in [-0.2, -0.15) is 0 Å². The standard InChI is InChI=1S/C11H16N4O2/c1-7-3-9(15-10(13-7)6-17-2)14-8-4-11(16)12-5-8/h3,8H,4-6H2,1-2H3,(H,12,16)(H,13,14,15). The van der Waals surface area contributed by atoms with Crippen LogP contribution < -0.4 is 10.6 Å². The Labute approximate surface area is 99.8 Å². The summed E-state index contributed by atoms with van der Waals surface area (Å²) in [6.45, 7) is 2.93. The number of carbonyl (C=O) groups is 1. The van der Waals surface area contributed by atoms with Crippen LogP contribution in [0.2, 0.25) is 0 Å². The summed E-state index contributed by atoms with van der Waals surface area (Å²) in [5.41, 5.74) is 0.881. The van der Waals surface area contributed by atoms with Crippen molar-refractivity contribution in [3.05, 3.63) is 17.6 Å². The first kappa shape index (κ1) is 11.8. The van der Waals surface area contributed by atoms with Crippen molar-refractivity contribution in [1.82, 2.24) is 15.3 Å². The van der Waals surface area contributed by atoms with Gasteiger partial charge in [0.15, 0.2) is 5.82 Å². The molecule has 0 saturated carbocycles. The SMILES string of the molecule is COCc1nc(C)cc(NC2CNC(=O)C2)n1. The Kier molecular flexibility index (Phi) is 3.53. The van der Waals surface area contributed by atoms with Gasteiger partial charge in [-0.15, -0.1) is 0 Å². The number of rotatable bonds is 4. The van der Waals surface area contributed by atoms with E-state index >= 15 is 0 Å². The molecule has 0 radical (unpaired) electrons. The molecule has 2 rings (SSSR count). The average Bonchev–Trinajstić information content (AvgIpc) is 2.63. The molecule has 1 amide bonds. The number of anilines is 1. The summed E-state index contributed by atoms with van der Waals surface area (Å²) in [5.74, 6) is 1.46. The molecule has 6 nitrogen and oxygen atoms in total. The molecule has 0 bridgehead atoms. The highest BCUT2D eigenvalue weighted by atomic mass is 16.5. The summed E-state index contributed by atoms with van der Waals surface area (Å²) in [4.78, 5) is 19.7. The van der Waals surface area contributed by atoms with Gasteiger partial charge in [-0.3, -0.25) is 4.79 Å². The van der Waals surface area contributed by atoms with Gasteiger partial charge < -0.3 is 15.4 Å². The zero-order valence-corrected chi connectivity index (χ0v) is 9.99. The van der Waals surface area contributed by atoms with E-state index in [2.05, 4.69) is 20.6 Å². The second-order valence-corrected chi connectivity index (χ2v) is 4.09. The van der Waals surface area contributed by atoms with Gasteiger partial charge in [0.2, 0.25) is 5.91 Å².